The molecule has 0 aliphatic carbocycles. The Morgan fingerprint density at radius 3 is 2.72 bits per heavy atom. The van der Waals surface area contributed by atoms with Gasteiger partial charge in [-0.25, -0.2) is 8.42 Å². The molecule has 0 saturated carbocycles. The molecule has 3 aromatic heterocycles. The van der Waals surface area contributed by atoms with E-state index in [0.717, 1.165) is 0 Å². The number of aromatic amines is 2. The van der Waals surface area contributed by atoms with Crippen LogP contribution < -0.4 is 5.56 Å². The predicted molar refractivity (Wildman–Crippen MR) is 108 cm³/mol. The lowest BCUT2D eigenvalue weighted by Crippen LogP contribution is -2.09. The van der Waals surface area contributed by atoms with E-state index in [2.05, 4.69) is 15.0 Å². The number of benzene rings is 1. The number of aryl methyl sites for hydroxylation is 1. The van der Waals surface area contributed by atoms with Gasteiger partial charge in [0.25, 0.3) is 5.56 Å². The second-order valence-corrected chi connectivity index (χ2v) is 8.69. The standard InChI is InChI=1S/C20H17N3O5S/c24-17(25)7-4-12-10-22-19-18(12)15-9-14(5-6-16(15)23-20(19)26)29(27,28)11-13-3-1-2-8-21-13/h1-3,5-6,8-10,22H,4,7,11H2,(H,23,26)(H,24,25). The number of fused-ring (bicyclic) bond motifs is 3. The third-order valence-corrected chi connectivity index (χ3v) is 6.38. The lowest BCUT2D eigenvalue weighted by Gasteiger charge is -2.08. The van der Waals surface area contributed by atoms with Crippen LogP contribution >= 0.6 is 0 Å². The highest BCUT2D eigenvalue weighted by atomic mass is 32.2. The van der Waals surface area contributed by atoms with E-state index >= 15 is 0 Å². The molecular formula is C20H17N3O5S. The molecule has 0 unspecified atom stereocenters. The number of H-pyrrole nitrogens is 2. The van der Waals surface area contributed by atoms with Crippen molar-refractivity contribution in [2.45, 2.75) is 23.5 Å². The number of hydrogen-bond donors (Lipinski definition) is 3. The fourth-order valence-electron chi connectivity index (χ4n) is 3.37. The number of aliphatic carboxylic acids is 1. The van der Waals surface area contributed by atoms with Crippen LogP contribution in [0, 0.1) is 0 Å². The number of nitrogens with one attached hydrogen (secondary N) is 2. The lowest BCUT2D eigenvalue weighted by molar-refractivity contribution is -0.136. The highest BCUT2D eigenvalue weighted by Crippen LogP contribution is 2.28. The van der Waals surface area contributed by atoms with E-state index in [4.69, 9.17) is 5.11 Å². The van der Waals surface area contributed by atoms with Crippen molar-refractivity contribution in [1.29, 1.82) is 0 Å². The monoisotopic (exact) mass is 411 g/mol. The molecule has 9 heteroatoms. The Morgan fingerprint density at radius 2 is 2.00 bits per heavy atom. The third kappa shape index (κ3) is 3.64. The Hall–Kier alpha value is -3.46. The van der Waals surface area contributed by atoms with Gasteiger partial charge in [-0.05, 0) is 42.3 Å². The maximum atomic E-state index is 12.9. The second kappa shape index (κ2) is 7.17. The van der Waals surface area contributed by atoms with Gasteiger partial charge in [-0.15, -0.1) is 0 Å². The number of pyridine rings is 2. The topological polar surface area (TPSA) is 133 Å². The van der Waals surface area contributed by atoms with E-state index in [1.165, 1.54) is 18.3 Å². The third-order valence-electron chi connectivity index (χ3n) is 4.73. The van der Waals surface area contributed by atoms with Crippen molar-refractivity contribution in [1.82, 2.24) is 15.0 Å². The lowest BCUT2D eigenvalue weighted by atomic mass is 10.0. The molecule has 0 saturated heterocycles. The number of carboxylic acids is 1. The molecule has 3 N–H and O–H groups in total. The molecule has 0 radical (unpaired) electrons. The van der Waals surface area contributed by atoms with Crippen LogP contribution in [0.1, 0.15) is 17.7 Å². The molecule has 4 aromatic rings. The molecule has 0 aliphatic heterocycles. The average Bonchev–Trinajstić information content (AvgIpc) is 3.11. The van der Waals surface area contributed by atoms with Crippen LogP contribution in [0.4, 0.5) is 0 Å². The van der Waals surface area contributed by atoms with Crippen molar-refractivity contribution in [2.24, 2.45) is 0 Å². The van der Waals surface area contributed by atoms with Gasteiger partial charge < -0.3 is 15.1 Å². The van der Waals surface area contributed by atoms with Crippen molar-refractivity contribution < 1.29 is 18.3 Å². The van der Waals surface area contributed by atoms with Crippen LogP contribution in [0.15, 0.2) is 58.5 Å². The molecule has 0 bridgehead atoms. The SMILES string of the molecule is O=C(O)CCc1c[nH]c2c(=O)[nH]c3ccc(S(=O)(=O)Cc4ccccn4)cc3c12. The summed E-state index contributed by atoms with van der Waals surface area (Å²) in [6.07, 6.45) is 3.25. The van der Waals surface area contributed by atoms with E-state index in [1.54, 1.807) is 30.5 Å². The van der Waals surface area contributed by atoms with E-state index in [9.17, 15) is 18.0 Å². The highest BCUT2D eigenvalue weighted by molar-refractivity contribution is 7.90. The summed E-state index contributed by atoms with van der Waals surface area (Å²) in [5.74, 6) is -1.20. The number of hydrogen-bond acceptors (Lipinski definition) is 5. The van der Waals surface area contributed by atoms with Gasteiger partial charge in [0.15, 0.2) is 9.84 Å². The molecule has 29 heavy (non-hydrogen) atoms. The summed E-state index contributed by atoms with van der Waals surface area (Å²) in [5, 5.41) is 10.1. The van der Waals surface area contributed by atoms with E-state index in [1.807, 2.05) is 0 Å². The summed E-state index contributed by atoms with van der Waals surface area (Å²) >= 11 is 0. The minimum Gasteiger partial charge on any atom is -0.481 e. The minimum atomic E-state index is -3.66. The number of carbonyl (C=O) groups is 1. The van der Waals surface area contributed by atoms with Crippen molar-refractivity contribution in [3.05, 3.63) is 70.4 Å². The molecule has 1 aromatic carbocycles. The summed E-state index contributed by atoms with van der Waals surface area (Å²) in [7, 11) is -3.66. The molecule has 0 fully saturated rings. The molecule has 0 aliphatic rings. The van der Waals surface area contributed by atoms with E-state index in [0.29, 0.717) is 27.5 Å². The molecule has 148 valence electrons. The van der Waals surface area contributed by atoms with Crippen molar-refractivity contribution in [3.63, 3.8) is 0 Å². The van der Waals surface area contributed by atoms with Crippen LogP contribution in [0.5, 0.6) is 0 Å². The minimum absolute atomic E-state index is 0.0983. The van der Waals surface area contributed by atoms with Crippen LogP contribution in [0.2, 0.25) is 0 Å². The molecule has 8 nitrogen and oxygen atoms in total. The largest absolute Gasteiger partial charge is 0.481 e. The zero-order chi connectivity index (χ0) is 20.6. The number of rotatable bonds is 6. The average molecular weight is 411 g/mol. The summed E-state index contributed by atoms with van der Waals surface area (Å²) < 4.78 is 25.8. The van der Waals surface area contributed by atoms with Crippen molar-refractivity contribution in [2.75, 3.05) is 0 Å². The zero-order valence-corrected chi connectivity index (χ0v) is 16.0. The molecular weight excluding hydrogens is 394 g/mol. The summed E-state index contributed by atoms with van der Waals surface area (Å²) in [6.45, 7) is 0. The Morgan fingerprint density at radius 1 is 1.17 bits per heavy atom. The number of carboxylic acid groups (broad SMARTS) is 1. The predicted octanol–water partition coefficient (Wildman–Crippen LogP) is 2.40. The van der Waals surface area contributed by atoms with Crippen molar-refractivity contribution >= 4 is 37.6 Å². The molecule has 0 amide bonds. The summed E-state index contributed by atoms with van der Waals surface area (Å²) in [6, 6.07) is 9.60. The number of nitrogens with zero attached hydrogens (tertiary/aromatic N) is 1. The Labute approximate surface area is 165 Å². The maximum absolute atomic E-state index is 12.9. The van der Waals surface area contributed by atoms with Gasteiger partial charge in [0, 0.05) is 35.1 Å². The van der Waals surface area contributed by atoms with Gasteiger partial charge in [-0.3, -0.25) is 14.6 Å². The van der Waals surface area contributed by atoms with Gasteiger partial charge in [-0.1, -0.05) is 6.07 Å². The first kappa shape index (κ1) is 18.9. The Kier molecular flexibility index (Phi) is 4.67. The van der Waals surface area contributed by atoms with Gasteiger partial charge in [-0.2, -0.15) is 0 Å². The summed E-state index contributed by atoms with van der Waals surface area (Å²) in [5.41, 5.74) is 1.51. The van der Waals surface area contributed by atoms with Crippen molar-refractivity contribution in [3.8, 4) is 0 Å². The first-order chi connectivity index (χ1) is 13.8. The smallest absolute Gasteiger partial charge is 0.303 e. The molecule has 0 atom stereocenters. The van der Waals surface area contributed by atoms with Crippen LogP contribution in [0.25, 0.3) is 21.8 Å². The van der Waals surface area contributed by atoms with E-state index < -0.39 is 15.8 Å². The van der Waals surface area contributed by atoms with Gasteiger partial charge in [0.2, 0.25) is 0 Å². The Balaban J connectivity index is 1.87. The van der Waals surface area contributed by atoms with Gasteiger partial charge >= 0.3 is 5.97 Å². The molecule has 4 rings (SSSR count). The zero-order valence-electron chi connectivity index (χ0n) is 15.2. The highest BCUT2D eigenvalue weighted by Gasteiger charge is 2.19. The van der Waals surface area contributed by atoms with Crippen LogP contribution in [-0.2, 0) is 26.8 Å². The van der Waals surface area contributed by atoms with E-state index in [-0.39, 0.29) is 34.6 Å². The quantitative estimate of drug-likeness (QED) is 0.446. The van der Waals surface area contributed by atoms with Crippen LogP contribution in [-0.4, -0.2) is 34.4 Å². The summed E-state index contributed by atoms with van der Waals surface area (Å²) in [4.78, 5) is 33.1. The fourth-order valence-corrected chi connectivity index (χ4v) is 4.67. The normalized spacial score (nSPS) is 11.9. The second-order valence-electron chi connectivity index (χ2n) is 6.70. The van der Waals surface area contributed by atoms with Gasteiger partial charge in [0.05, 0.1) is 16.3 Å². The number of sulfone groups is 1. The number of aromatic nitrogens is 3. The molecule has 3 heterocycles. The van der Waals surface area contributed by atoms with Gasteiger partial charge in [0.1, 0.15) is 5.52 Å². The first-order valence-corrected chi connectivity index (χ1v) is 10.5. The maximum Gasteiger partial charge on any atom is 0.303 e. The first-order valence-electron chi connectivity index (χ1n) is 8.85. The Bertz CT molecular complexity index is 1390. The van der Waals surface area contributed by atoms with Crippen LogP contribution in [0.3, 0.4) is 0 Å². The molecule has 0 spiro atoms. The fraction of sp³-hybridized carbons (Fsp3) is 0.150.